The van der Waals surface area contributed by atoms with Gasteiger partial charge in [-0.2, -0.15) is 0 Å². The highest BCUT2D eigenvalue weighted by Crippen LogP contribution is 2.26. The molecule has 1 atom stereocenters. The maximum atomic E-state index is 12.9. The molecule has 1 unspecified atom stereocenters. The summed E-state index contributed by atoms with van der Waals surface area (Å²) in [4.78, 5) is 36.2. The van der Waals surface area contributed by atoms with Gasteiger partial charge in [-0.15, -0.1) is 0 Å². The normalized spacial score (nSPS) is 17.9. The molecule has 206 valence electrons. The van der Waals surface area contributed by atoms with Crippen molar-refractivity contribution < 1.29 is 38.6 Å². The average molecular weight is 547 g/mol. The van der Waals surface area contributed by atoms with Crippen molar-refractivity contribution in [3.63, 3.8) is 0 Å². The molecule has 0 aromatic heterocycles. The number of piperidine rings is 1. The number of phenols is 1. The van der Waals surface area contributed by atoms with Crippen LogP contribution in [0.15, 0.2) is 47.4 Å². The van der Waals surface area contributed by atoms with Crippen LogP contribution in [0.3, 0.4) is 0 Å². The van der Waals surface area contributed by atoms with Gasteiger partial charge in [-0.1, -0.05) is 12.1 Å². The summed E-state index contributed by atoms with van der Waals surface area (Å²) in [5.74, 6) is -1.35. The SMILES string of the molecule is COc1ccc2c(c1)CN(C(=O)CCN1CCC(Cc3ccc(O)cc3)CC1)CCS2=O.O=C(O)C(=O)O. The lowest BCUT2D eigenvalue weighted by molar-refractivity contribution is -0.159. The third kappa shape index (κ3) is 8.56. The number of carboxylic acid groups (broad SMARTS) is 2. The lowest BCUT2D eigenvalue weighted by Crippen LogP contribution is -2.38. The van der Waals surface area contributed by atoms with Gasteiger partial charge in [0.05, 0.1) is 17.9 Å². The zero-order chi connectivity index (χ0) is 27.7. The van der Waals surface area contributed by atoms with Crippen LogP contribution in [0.1, 0.15) is 30.4 Å². The van der Waals surface area contributed by atoms with Gasteiger partial charge in [-0.25, -0.2) is 9.59 Å². The Balaban J connectivity index is 0.000000599. The summed E-state index contributed by atoms with van der Waals surface area (Å²) in [5, 5.41) is 24.2. The van der Waals surface area contributed by atoms with E-state index in [0.29, 0.717) is 36.9 Å². The number of phenolic OH excluding ortho intramolecular Hbond substituents is 1. The molecule has 1 amide bonds. The van der Waals surface area contributed by atoms with Crippen LogP contribution in [0.5, 0.6) is 11.5 Å². The molecule has 0 bridgehead atoms. The Labute approximate surface area is 224 Å². The van der Waals surface area contributed by atoms with Crippen LogP contribution in [0.2, 0.25) is 0 Å². The molecule has 1 fully saturated rings. The second-order valence-corrected chi connectivity index (χ2v) is 10.9. The van der Waals surface area contributed by atoms with E-state index in [0.717, 1.165) is 55.1 Å². The van der Waals surface area contributed by atoms with E-state index >= 15 is 0 Å². The fraction of sp³-hybridized carbons (Fsp3) is 0.444. The van der Waals surface area contributed by atoms with E-state index in [9.17, 15) is 14.1 Å². The molecule has 2 aromatic carbocycles. The summed E-state index contributed by atoms with van der Waals surface area (Å²) < 4.78 is 17.9. The van der Waals surface area contributed by atoms with Crippen molar-refractivity contribution in [3.8, 4) is 11.5 Å². The second-order valence-electron chi connectivity index (χ2n) is 9.35. The quantitative estimate of drug-likeness (QED) is 0.465. The fourth-order valence-electron chi connectivity index (χ4n) is 4.62. The molecule has 0 spiro atoms. The molecule has 1 saturated heterocycles. The van der Waals surface area contributed by atoms with Gasteiger partial charge in [0, 0.05) is 36.7 Å². The van der Waals surface area contributed by atoms with Crippen LogP contribution in [0, 0.1) is 5.92 Å². The minimum absolute atomic E-state index is 0.129. The number of aromatic hydroxyl groups is 1. The van der Waals surface area contributed by atoms with Crippen LogP contribution in [0.4, 0.5) is 0 Å². The molecule has 11 heteroatoms. The van der Waals surface area contributed by atoms with Gasteiger partial charge in [-0.05, 0) is 79.7 Å². The zero-order valence-electron chi connectivity index (χ0n) is 21.4. The van der Waals surface area contributed by atoms with Crippen LogP contribution in [-0.2, 0) is 38.1 Å². The van der Waals surface area contributed by atoms with Crippen LogP contribution < -0.4 is 4.74 Å². The first-order valence-electron chi connectivity index (χ1n) is 12.5. The minimum Gasteiger partial charge on any atom is -0.508 e. The molecule has 10 nitrogen and oxygen atoms in total. The van der Waals surface area contributed by atoms with E-state index in [1.807, 2.05) is 35.2 Å². The van der Waals surface area contributed by atoms with E-state index < -0.39 is 22.7 Å². The Bertz CT molecular complexity index is 1130. The first-order chi connectivity index (χ1) is 18.2. The van der Waals surface area contributed by atoms with Crippen LogP contribution >= 0.6 is 0 Å². The first kappa shape index (κ1) is 29.1. The van der Waals surface area contributed by atoms with E-state index in [1.165, 1.54) is 5.56 Å². The molecule has 0 aliphatic carbocycles. The number of carboxylic acids is 2. The number of carbonyl (C=O) groups excluding carboxylic acids is 1. The van der Waals surface area contributed by atoms with Crippen molar-refractivity contribution in [2.45, 2.75) is 37.1 Å². The zero-order valence-corrected chi connectivity index (χ0v) is 22.2. The molecule has 2 aromatic rings. The van der Waals surface area contributed by atoms with Crippen molar-refractivity contribution >= 4 is 28.6 Å². The number of ether oxygens (including phenoxy) is 1. The number of likely N-dealkylation sites (tertiary alicyclic amines) is 1. The van der Waals surface area contributed by atoms with Crippen LogP contribution in [-0.4, -0.2) is 86.2 Å². The number of aliphatic carboxylic acids is 2. The molecule has 3 N–H and O–H groups in total. The van der Waals surface area contributed by atoms with Crippen molar-refractivity contribution in [3.05, 3.63) is 53.6 Å². The number of nitrogens with zero attached hydrogens (tertiary/aromatic N) is 2. The topological polar surface area (TPSA) is 145 Å². The van der Waals surface area contributed by atoms with Crippen LogP contribution in [0.25, 0.3) is 0 Å². The lowest BCUT2D eigenvalue weighted by atomic mass is 9.90. The number of amides is 1. The second kappa shape index (κ2) is 13.9. The van der Waals surface area contributed by atoms with Crippen molar-refractivity contribution in [1.29, 1.82) is 0 Å². The van der Waals surface area contributed by atoms with Gasteiger partial charge in [-0.3, -0.25) is 9.00 Å². The highest BCUT2D eigenvalue weighted by atomic mass is 32.2. The molecular weight excluding hydrogens is 512 g/mol. The molecular formula is C27H34N2O8S. The summed E-state index contributed by atoms with van der Waals surface area (Å²) in [7, 11) is 0.533. The van der Waals surface area contributed by atoms with Crippen molar-refractivity contribution in [2.75, 3.05) is 39.0 Å². The molecule has 2 aliphatic rings. The summed E-state index contributed by atoms with van der Waals surface area (Å²) in [6, 6.07) is 13.1. The minimum atomic E-state index is -1.82. The summed E-state index contributed by atoms with van der Waals surface area (Å²) in [5.41, 5.74) is 2.19. The molecule has 2 heterocycles. The van der Waals surface area contributed by atoms with E-state index in [1.54, 1.807) is 19.2 Å². The highest BCUT2D eigenvalue weighted by molar-refractivity contribution is 7.85. The van der Waals surface area contributed by atoms with E-state index in [-0.39, 0.29) is 5.91 Å². The van der Waals surface area contributed by atoms with Crippen molar-refractivity contribution in [1.82, 2.24) is 9.80 Å². The highest BCUT2D eigenvalue weighted by Gasteiger charge is 2.25. The van der Waals surface area contributed by atoms with Gasteiger partial charge in [0.1, 0.15) is 11.5 Å². The Hall–Kier alpha value is -3.44. The number of hydrogen-bond acceptors (Lipinski definition) is 7. The largest absolute Gasteiger partial charge is 0.508 e. The van der Waals surface area contributed by atoms with Gasteiger partial charge >= 0.3 is 11.9 Å². The summed E-state index contributed by atoms with van der Waals surface area (Å²) in [6.07, 6.45) is 3.80. The molecule has 38 heavy (non-hydrogen) atoms. The first-order valence-corrected chi connectivity index (χ1v) is 13.8. The number of benzene rings is 2. The summed E-state index contributed by atoms with van der Waals surface area (Å²) in [6.45, 7) is 3.82. The number of hydrogen-bond donors (Lipinski definition) is 3. The maximum Gasteiger partial charge on any atom is 0.414 e. The predicted octanol–water partition coefficient (Wildman–Crippen LogP) is 2.35. The standard InChI is InChI=1S/C25H32N2O4S.C2H2O4/c1-31-23-6-7-24-21(17-23)18-27(14-15-32(24)30)25(29)10-13-26-11-8-20(9-12-26)16-19-2-4-22(28)5-3-19;3-1(4)2(5)6/h2-7,17,20,28H,8-16,18H2,1H3;(H,3,4)(H,5,6). The van der Waals surface area contributed by atoms with Gasteiger partial charge in [0.25, 0.3) is 0 Å². The maximum absolute atomic E-state index is 12.9. The Morgan fingerprint density at radius 3 is 2.26 bits per heavy atom. The number of carbonyl (C=O) groups is 3. The Kier molecular flexibility index (Phi) is 10.7. The number of methoxy groups -OCH3 is 1. The third-order valence-corrected chi connectivity index (χ3v) is 8.21. The number of rotatable bonds is 6. The van der Waals surface area contributed by atoms with E-state index in [4.69, 9.17) is 24.5 Å². The Morgan fingerprint density at radius 1 is 1.00 bits per heavy atom. The Morgan fingerprint density at radius 2 is 1.66 bits per heavy atom. The molecule has 2 aliphatic heterocycles. The molecule has 0 saturated carbocycles. The molecule has 4 rings (SSSR count). The smallest absolute Gasteiger partial charge is 0.414 e. The third-order valence-electron chi connectivity index (χ3n) is 6.77. The fourth-order valence-corrected chi connectivity index (χ4v) is 5.86. The average Bonchev–Trinajstić information content (AvgIpc) is 3.08. The van der Waals surface area contributed by atoms with Crippen molar-refractivity contribution in [2.24, 2.45) is 5.92 Å². The van der Waals surface area contributed by atoms with Gasteiger partial charge in [0.15, 0.2) is 0 Å². The van der Waals surface area contributed by atoms with E-state index in [2.05, 4.69) is 4.90 Å². The van der Waals surface area contributed by atoms with Gasteiger partial charge in [0.2, 0.25) is 5.91 Å². The number of fused-ring (bicyclic) bond motifs is 1. The summed E-state index contributed by atoms with van der Waals surface area (Å²) >= 11 is 0. The monoisotopic (exact) mass is 546 g/mol. The predicted molar refractivity (Wildman–Crippen MR) is 141 cm³/mol. The molecule has 0 radical (unpaired) electrons. The lowest BCUT2D eigenvalue weighted by Gasteiger charge is -2.32. The van der Waals surface area contributed by atoms with Gasteiger partial charge < -0.3 is 29.9 Å².